The van der Waals surface area contributed by atoms with Crippen molar-refractivity contribution in [2.45, 2.75) is 19.4 Å². The van der Waals surface area contributed by atoms with Gasteiger partial charge in [0.1, 0.15) is 0 Å². The minimum absolute atomic E-state index is 0.196. The molecule has 0 heterocycles. The lowest BCUT2D eigenvalue weighted by Gasteiger charge is -2.22. The van der Waals surface area contributed by atoms with Gasteiger partial charge in [0.15, 0.2) is 5.78 Å². The van der Waals surface area contributed by atoms with Crippen molar-refractivity contribution in [3.8, 4) is 0 Å². The monoisotopic (exact) mass is 316 g/mol. The van der Waals surface area contributed by atoms with Crippen LogP contribution >= 0.6 is 11.6 Å². The molecular weight excluding hydrogens is 302 g/mol. The first-order valence-corrected chi connectivity index (χ1v) is 7.17. The highest BCUT2D eigenvalue weighted by Crippen LogP contribution is 2.24. The van der Waals surface area contributed by atoms with Gasteiger partial charge in [-0.05, 0) is 24.6 Å². The van der Waals surface area contributed by atoms with Gasteiger partial charge >= 0.3 is 0 Å². The Kier molecular flexibility index (Phi) is 5.17. The summed E-state index contributed by atoms with van der Waals surface area (Å²) in [5.74, 6) is -1.59. The van der Waals surface area contributed by atoms with E-state index in [0.717, 1.165) is 5.56 Å². The normalized spacial score (nSPS) is 11.7. The van der Waals surface area contributed by atoms with Gasteiger partial charge in [0.25, 0.3) is 0 Å². The van der Waals surface area contributed by atoms with Crippen LogP contribution < -0.4 is 10.4 Å². The molecular formula is C17H15ClNO3-. The molecule has 4 nitrogen and oxygen atoms in total. The van der Waals surface area contributed by atoms with E-state index >= 15 is 0 Å². The van der Waals surface area contributed by atoms with Crippen LogP contribution in [-0.2, 0) is 4.79 Å². The van der Waals surface area contributed by atoms with Crippen LogP contribution in [0.1, 0.15) is 22.3 Å². The fraction of sp³-hybridized carbons (Fsp3) is 0.176. The number of carboxylic acid groups (broad SMARTS) is 1. The molecule has 2 aromatic carbocycles. The molecule has 0 bridgehead atoms. The summed E-state index contributed by atoms with van der Waals surface area (Å²) < 4.78 is 0. The van der Waals surface area contributed by atoms with Gasteiger partial charge in [-0.15, -0.1) is 0 Å². The number of ketones is 1. The van der Waals surface area contributed by atoms with Crippen molar-refractivity contribution in [3.05, 3.63) is 64.7 Å². The molecule has 0 unspecified atom stereocenters. The second-order valence-corrected chi connectivity index (χ2v) is 5.33. The summed E-state index contributed by atoms with van der Waals surface area (Å²) in [4.78, 5) is 23.5. The molecule has 0 amide bonds. The molecule has 0 aliphatic heterocycles. The number of hydrogen-bond donors (Lipinski definition) is 1. The zero-order valence-electron chi connectivity index (χ0n) is 12.0. The number of Topliss-reactive ketones (excluding diaryl/α,β-unsaturated/α-hetero) is 1. The van der Waals surface area contributed by atoms with Crippen LogP contribution in [0.15, 0.2) is 48.5 Å². The molecule has 0 aliphatic carbocycles. The van der Waals surface area contributed by atoms with Gasteiger partial charge in [0.2, 0.25) is 0 Å². The Hall–Kier alpha value is -2.33. The van der Waals surface area contributed by atoms with E-state index in [-0.39, 0.29) is 12.2 Å². The number of benzene rings is 2. The molecule has 0 aromatic heterocycles. The zero-order chi connectivity index (χ0) is 16.1. The maximum Gasteiger partial charge on any atom is 0.165 e. The summed E-state index contributed by atoms with van der Waals surface area (Å²) >= 11 is 6.01. The van der Waals surface area contributed by atoms with E-state index in [1.165, 1.54) is 0 Å². The van der Waals surface area contributed by atoms with Crippen molar-refractivity contribution in [2.75, 3.05) is 5.32 Å². The number of rotatable bonds is 6. The fourth-order valence-electron chi connectivity index (χ4n) is 2.07. The van der Waals surface area contributed by atoms with E-state index in [1.54, 1.807) is 55.5 Å². The lowest BCUT2D eigenvalue weighted by atomic mass is 10.0. The molecule has 22 heavy (non-hydrogen) atoms. The Morgan fingerprint density at radius 2 is 1.82 bits per heavy atom. The van der Waals surface area contributed by atoms with Crippen LogP contribution in [0.2, 0.25) is 5.02 Å². The van der Waals surface area contributed by atoms with Crippen molar-refractivity contribution >= 4 is 29.0 Å². The molecule has 0 spiro atoms. The van der Waals surface area contributed by atoms with E-state index in [4.69, 9.17) is 11.6 Å². The molecule has 0 fully saturated rings. The summed E-state index contributed by atoms with van der Waals surface area (Å²) in [6.45, 7) is 1.77. The smallest absolute Gasteiger partial charge is 0.165 e. The van der Waals surface area contributed by atoms with Crippen molar-refractivity contribution in [1.82, 2.24) is 0 Å². The van der Waals surface area contributed by atoms with Gasteiger partial charge in [0.05, 0.1) is 12.0 Å². The highest BCUT2D eigenvalue weighted by atomic mass is 35.5. The van der Waals surface area contributed by atoms with Crippen LogP contribution in [0.5, 0.6) is 0 Å². The van der Waals surface area contributed by atoms with Crippen molar-refractivity contribution in [1.29, 1.82) is 0 Å². The Labute approximate surface area is 133 Å². The fourth-order valence-corrected chi connectivity index (χ4v) is 2.25. The van der Waals surface area contributed by atoms with Crippen molar-refractivity contribution in [3.63, 3.8) is 0 Å². The molecule has 0 saturated heterocycles. The summed E-state index contributed by atoms with van der Waals surface area (Å²) in [5.41, 5.74) is 1.77. The standard InChI is InChI=1S/C17H16ClNO3/c1-11-13(18)8-5-9-14(11)19-15(17(21)22)10-16(20)12-6-3-2-4-7-12/h2-9,15,19H,10H2,1H3,(H,21,22)/p-1/t15-/m1/s1. The largest absolute Gasteiger partial charge is 0.548 e. The highest BCUT2D eigenvalue weighted by molar-refractivity contribution is 6.31. The van der Waals surface area contributed by atoms with Gasteiger partial charge in [-0.3, -0.25) is 4.79 Å². The van der Waals surface area contributed by atoms with Gasteiger partial charge in [-0.1, -0.05) is 48.0 Å². The van der Waals surface area contributed by atoms with Gasteiger partial charge < -0.3 is 15.2 Å². The maximum absolute atomic E-state index is 12.1. The Morgan fingerprint density at radius 3 is 2.45 bits per heavy atom. The van der Waals surface area contributed by atoms with E-state index in [1.807, 2.05) is 0 Å². The zero-order valence-corrected chi connectivity index (χ0v) is 12.8. The third-order valence-electron chi connectivity index (χ3n) is 3.37. The summed E-state index contributed by atoms with van der Waals surface area (Å²) in [6, 6.07) is 12.6. The Morgan fingerprint density at radius 1 is 1.14 bits per heavy atom. The number of nitrogens with one attached hydrogen (secondary N) is 1. The highest BCUT2D eigenvalue weighted by Gasteiger charge is 2.17. The Balaban J connectivity index is 2.16. The average molecular weight is 317 g/mol. The number of halogens is 1. The summed E-state index contributed by atoms with van der Waals surface area (Å²) in [6.07, 6.45) is -0.196. The first-order valence-electron chi connectivity index (χ1n) is 6.80. The van der Waals surface area contributed by atoms with Crippen molar-refractivity contribution < 1.29 is 14.7 Å². The molecule has 0 radical (unpaired) electrons. The minimum Gasteiger partial charge on any atom is -0.548 e. The lowest BCUT2D eigenvalue weighted by Crippen LogP contribution is -2.42. The van der Waals surface area contributed by atoms with E-state index < -0.39 is 12.0 Å². The number of aliphatic carboxylic acids is 1. The molecule has 2 aromatic rings. The summed E-state index contributed by atoms with van der Waals surface area (Å²) in [7, 11) is 0. The number of carboxylic acids is 1. The van der Waals surface area contributed by atoms with Crippen LogP contribution in [0, 0.1) is 6.92 Å². The van der Waals surface area contributed by atoms with E-state index in [9.17, 15) is 14.7 Å². The predicted molar refractivity (Wildman–Crippen MR) is 84.0 cm³/mol. The second kappa shape index (κ2) is 7.09. The van der Waals surface area contributed by atoms with Crippen LogP contribution in [-0.4, -0.2) is 17.8 Å². The van der Waals surface area contributed by atoms with Crippen LogP contribution in [0.3, 0.4) is 0 Å². The third kappa shape index (κ3) is 3.86. The number of carbonyl (C=O) groups excluding carboxylic acids is 2. The van der Waals surface area contributed by atoms with Crippen molar-refractivity contribution in [2.24, 2.45) is 0 Å². The molecule has 2 rings (SSSR count). The molecule has 1 atom stereocenters. The number of hydrogen-bond acceptors (Lipinski definition) is 4. The minimum atomic E-state index is -1.33. The first kappa shape index (κ1) is 16.0. The second-order valence-electron chi connectivity index (χ2n) is 4.92. The van der Waals surface area contributed by atoms with Crippen LogP contribution in [0.25, 0.3) is 0 Å². The first-order chi connectivity index (χ1) is 10.5. The number of carbonyl (C=O) groups is 2. The van der Waals surface area contributed by atoms with Crippen LogP contribution in [0.4, 0.5) is 5.69 Å². The van der Waals surface area contributed by atoms with Gasteiger partial charge in [-0.25, -0.2) is 0 Å². The van der Waals surface area contributed by atoms with E-state index in [2.05, 4.69) is 5.32 Å². The molecule has 5 heteroatoms. The van der Waals surface area contributed by atoms with Gasteiger partial charge in [0, 0.05) is 22.7 Å². The third-order valence-corrected chi connectivity index (χ3v) is 3.78. The summed E-state index contributed by atoms with van der Waals surface area (Å²) in [5, 5.41) is 14.7. The van der Waals surface area contributed by atoms with E-state index in [0.29, 0.717) is 16.3 Å². The predicted octanol–water partition coefficient (Wildman–Crippen LogP) is 2.45. The Bertz CT molecular complexity index is 686. The topological polar surface area (TPSA) is 69.2 Å². The molecule has 0 saturated carbocycles. The molecule has 0 aliphatic rings. The molecule has 114 valence electrons. The maximum atomic E-state index is 12.1. The lowest BCUT2D eigenvalue weighted by molar-refractivity contribution is -0.306. The van der Waals surface area contributed by atoms with Gasteiger partial charge in [-0.2, -0.15) is 0 Å². The molecule has 1 N–H and O–H groups in total. The average Bonchev–Trinajstić information content (AvgIpc) is 2.51. The quantitative estimate of drug-likeness (QED) is 0.831. The SMILES string of the molecule is Cc1c(Cl)cccc1N[C@H](CC(=O)c1ccccc1)C(=O)[O-]. The number of anilines is 1.